The van der Waals surface area contributed by atoms with Gasteiger partial charge in [0.05, 0.1) is 29.3 Å². The second-order valence-corrected chi connectivity index (χ2v) is 17.7. The van der Waals surface area contributed by atoms with E-state index in [1.807, 2.05) is 35.6 Å². The SMILES string of the molecule is Cc1c(Cl)ccc(S(=O)(=O)C=CCNCC(=O)NCC(=O)N(CCCCN2CCCC2)CCCc2cncn2C(c2ccccc2)(c2ccccc2)c2ccccc2)c1Cl. The summed E-state index contributed by atoms with van der Waals surface area (Å²) in [6.07, 6.45) is 11.0. The highest BCUT2D eigenvalue weighted by Crippen LogP contribution is 2.41. The average Bonchev–Trinajstić information content (AvgIpc) is 3.97. The van der Waals surface area contributed by atoms with E-state index in [4.69, 9.17) is 28.2 Å². The van der Waals surface area contributed by atoms with E-state index in [9.17, 15) is 18.0 Å². The highest BCUT2D eigenvalue weighted by atomic mass is 35.5. The van der Waals surface area contributed by atoms with Gasteiger partial charge in [-0.2, -0.15) is 0 Å². The summed E-state index contributed by atoms with van der Waals surface area (Å²) in [4.78, 5) is 35.5. The van der Waals surface area contributed by atoms with Crippen LogP contribution in [0, 0.1) is 6.92 Å². The first-order chi connectivity index (χ1) is 29.1. The number of carbonyl (C=O) groups is 2. The molecule has 0 saturated carbocycles. The van der Waals surface area contributed by atoms with Gasteiger partial charge in [-0.1, -0.05) is 120 Å². The Balaban J connectivity index is 1.10. The number of carbonyl (C=O) groups excluding carboxylic acids is 2. The molecular formula is C47H54Cl2N6O4S. The molecule has 0 spiro atoms. The fraction of sp³-hybridized carbons (Fsp3) is 0.340. The number of aromatic nitrogens is 2. The fourth-order valence-electron chi connectivity index (χ4n) is 7.94. The van der Waals surface area contributed by atoms with Crippen LogP contribution in [0.2, 0.25) is 10.0 Å². The number of hydrogen-bond acceptors (Lipinski definition) is 7. The Morgan fingerprint density at radius 2 is 1.42 bits per heavy atom. The van der Waals surface area contributed by atoms with Gasteiger partial charge in [0.25, 0.3) is 0 Å². The molecule has 2 amide bonds. The Kier molecular flexibility index (Phi) is 16.2. The molecule has 1 fully saturated rings. The quantitative estimate of drug-likeness (QED) is 0.0575. The summed E-state index contributed by atoms with van der Waals surface area (Å²) >= 11 is 12.3. The zero-order chi connectivity index (χ0) is 42.4. The lowest BCUT2D eigenvalue weighted by atomic mass is 9.76. The summed E-state index contributed by atoms with van der Waals surface area (Å²) in [6, 6.07) is 34.4. The summed E-state index contributed by atoms with van der Waals surface area (Å²) in [5.74, 6) is -0.515. The lowest BCUT2D eigenvalue weighted by Crippen LogP contribution is -2.43. The molecule has 2 N–H and O–H groups in total. The lowest BCUT2D eigenvalue weighted by Gasteiger charge is -2.38. The Hall–Kier alpha value is -4.78. The topological polar surface area (TPSA) is 117 Å². The number of sulfone groups is 1. The third kappa shape index (κ3) is 11.1. The van der Waals surface area contributed by atoms with Gasteiger partial charge >= 0.3 is 0 Å². The van der Waals surface area contributed by atoms with Crippen molar-refractivity contribution in [2.24, 2.45) is 0 Å². The van der Waals surface area contributed by atoms with Crippen molar-refractivity contribution in [2.75, 3.05) is 52.4 Å². The van der Waals surface area contributed by atoms with E-state index in [1.54, 1.807) is 6.92 Å². The van der Waals surface area contributed by atoms with Crippen LogP contribution in [0.15, 0.2) is 132 Å². The van der Waals surface area contributed by atoms with Crippen molar-refractivity contribution in [1.82, 2.24) is 30.0 Å². The maximum atomic E-state index is 13.7. The van der Waals surface area contributed by atoms with E-state index < -0.39 is 15.4 Å². The highest BCUT2D eigenvalue weighted by Gasteiger charge is 2.39. The van der Waals surface area contributed by atoms with Crippen LogP contribution in [0.25, 0.3) is 0 Å². The summed E-state index contributed by atoms with van der Waals surface area (Å²) < 4.78 is 27.9. The molecule has 316 valence electrons. The van der Waals surface area contributed by atoms with Gasteiger partial charge < -0.3 is 25.0 Å². The molecule has 6 rings (SSSR count). The van der Waals surface area contributed by atoms with Crippen molar-refractivity contribution in [2.45, 2.75) is 55.9 Å². The van der Waals surface area contributed by atoms with Gasteiger partial charge in [0, 0.05) is 42.0 Å². The first kappa shape index (κ1) is 44.8. The highest BCUT2D eigenvalue weighted by molar-refractivity contribution is 7.94. The minimum atomic E-state index is -3.82. The third-order valence-corrected chi connectivity index (χ3v) is 13.6. The first-order valence-corrected chi connectivity index (χ1v) is 22.9. The van der Waals surface area contributed by atoms with E-state index in [1.165, 1.54) is 31.1 Å². The molecule has 13 heteroatoms. The zero-order valence-electron chi connectivity index (χ0n) is 34.1. The van der Waals surface area contributed by atoms with Crippen molar-refractivity contribution in [3.8, 4) is 0 Å². The van der Waals surface area contributed by atoms with Crippen molar-refractivity contribution in [1.29, 1.82) is 0 Å². The number of unbranched alkanes of at least 4 members (excludes halogenated alkanes) is 1. The van der Waals surface area contributed by atoms with Gasteiger partial charge in [-0.3, -0.25) is 9.59 Å². The van der Waals surface area contributed by atoms with Crippen LogP contribution in [-0.4, -0.2) is 91.9 Å². The van der Waals surface area contributed by atoms with E-state index in [0.29, 0.717) is 36.5 Å². The van der Waals surface area contributed by atoms with E-state index in [-0.39, 0.29) is 41.4 Å². The summed E-state index contributed by atoms with van der Waals surface area (Å²) in [5, 5.41) is 7.17. The van der Waals surface area contributed by atoms with Gasteiger partial charge in [0.2, 0.25) is 21.7 Å². The standard InChI is InChI=1S/C47H54Cl2N6O4S/c1-37-42(48)24-25-43(46(37)49)60(58,59)32-16-26-50-34-44(56)52-35-45(57)54(30-14-13-29-53-27-11-12-28-53)31-15-23-41-33-51-36-55(41)47(38-17-5-2-6-18-38,39-19-7-3-8-20-39)40-21-9-4-10-22-40/h2-10,16-22,24-25,32-33,36,50H,11-15,23,26-31,34-35H2,1H3,(H,52,56). The number of likely N-dealkylation sites (tertiary alicyclic amines) is 1. The number of aryl methyl sites for hydroxylation is 1. The number of hydrogen-bond donors (Lipinski definition) is 2. The number of imidazole rings is 1. The maximum absolute atomic E-state index is 13.7. The summed E-state index contributed by atoms with van der Waals surface area (Å²) in [5.41, 5.74) is 4.17. The fourth-order valence-corrected chi connectivity index (χ4v) is 9.79. The van der Waals surface area contributed by atoms with Crippen molar-refractivity contribution < 1.29 is 18.0 Å². The van der Waals surface area contributed by atoms with Crippen LogP contribution in [0.5, 0.6) is 0 Å². The number of halogens is 2. The van der Waals surface area contributed by atoms with Crippen LogP contribution in [-0.2, 0) is 31.4 Å². The van der Waals surface area contributed by atoms with Crippen LogP contribution in [0.4, 0.5) is 0 Å². The maximum Gasteiger partial charge on any atom is 0.241 e. The van der Waals surface area contributed by atoms with E-state index >= 15 is 0 Å². The van der Waals surface area contributed by atoms with Gasteiger partial charge in [-0.25, -0.2) is 13.4 Å². The molecule has 1 aliphatic rings. The Labute approximate surface area is 364 Å². The summed E-state index contributed by atoms with van der Waals surface area (Å²) in [6.45, 7) is 5.94. The molecule has 2 heterocycles. The molecular weight excluding hydrogens is 816 g/mol. The molecule has 0 aliphatic carbocycles. The molecule has 10 nitrogen and oxygen atoms in total. The van der Waals surface area contributed by atoms with Crippen molar-refractivity contribution in [3.05, 3.63) is 165 Å². The molecule has 0 atom stereocenters. The monoisotopic (exact) mass is 868 g/mol. The Bertz CT molecular complexity index is 2200. The Morgan fingerprint density at radius 3 is 2.03 bits per heavy atom. The number of nitrogens with one attached hydrogen (secondary N) is 2. The average molecular weight is 870 g/mol. The molecule has 1 aromatic heterocycles. The number of nitrogens with zero attached hydrogens (tertiary/aromatic N) is 4. The van der Waals surface area contributed by atoms with Crippen molar-refractivity contribution in [3.63, 3.8) is 0 Å². The van der Waals surface area contributed by atoms with Gasteiger partial charge in [0.15, 0.2) is 0 Å². The first-order valence-electron chi connectivity index (χ1n) is 20.6. The van der Waals surface area contributed by atoms with Crippen LogP contribution < -0.4 is 10.6 Å². The predicted octanol–water partition coefficient (Wildman–Crippen LogP) is 7.67. The van der Waals surface area contributed by atoms with E-state index in [0.717, 1.165) is 60.3 Å². The summed E-state index contributed by atoms with van der Waals surface area (Å²) in [7, 11) is -3.82. The minimum absolute atomic E-state index is 0.0375. The molecule has 1 saturated heterocycles. The molecule has 0 bridgehead atoms. The second kappa shape index (κ2) is 21.7. The predicted molar refractivity (Wildman–Crippen MR) is 240 cm³/mol. The number of amides is 2. The number of benzene rings is 4. The molecule has 5 aromatic rings. The minimum Gasteiger partial charge on any atom is -0.346 e. The zero-order valence-corrected chi connectivity index (χ0v) is 36.4. The number of rotatable bonds is 21. The third-order valence-electron chi connectivity index (χ3n) is 11.1. The van der Waals surface area contributed by atoms with Crippen LogP contribution in [0.3, 0.4) is 0 Å². The largest absolute Gasteiger partial charge is 0.346 e. The normalized spacial score (nSPS) is 13.5. The van der Waals surface area contributed by atoms with Gasteiger partial charge in [0.1, 0.15) is 5.54 Å². The molecule has 1 aliphatic heterocycles. The van der Waals surface area contributed by atoms with Crippen LogP contribution in [0.1, 0.15) is 60.1 Å². The molecule has 60 heavy (non-hydrogen) atoms. The van der Waals surface area contributed by atoms with E-state index in [2.05, 4.69) is 92.9 Å². The van der Waals surface area contributed by atoms with Gasteiger partial charge in [-0.15, -0.1) is 0 Å². The smallest absolute Gasteiger partial charge is 0.241 e. The molecule has 0 radical (unpaired) electrons. The van der Waals surface area contributed by atoms with Crippen molar-refractivity contribution >= 4 is 44.9 Å². The van der Waals surface area contributed by atoms with Gasteiger partial charge in [-0.05, 0) is 99.5 Å². The second-order valence-electron chi connectivity index (χ2n) is 15.1. The lowest BCUT2D eigenvalue weighted by molar-refractivity contribution is -0.132. The molecule has 4 aromatic carbocycles. The Morgan fingerprint density at radius 1 is 0.817 bits per heavy atom. The molecule has 0 unspecified atom stereocenters. The van der Waals surface area contributed by atoms with Crippen LogP contribution >= 0.6 is 23.2 Å².